The van der Waals surface area contributed by atoms with Crippen LogP contribution < -0.4 is 0 Å². The molecule has 3 aliphatic heterocycles. The molecule has 3 heterocycles. The van der Waals surface area contributed by atoms with Crippen LogP contribution >= 0.6 is 0 Å². The molecule has 0 radical (unpaired) electrons. The summed E-state index contributed by atoms with van der Waals surface area (Å²) < 4.78 is 25.7. The van der Waals surface area contributed by atoms with Gasteiger partial charge in [0.2, 0.25) is 10.0 Å². The maximum Gasteiger partial charge on any atom is 0.320 e. The molecular weight excluding hydrogens is 350 g/mol. The van der Waals surface area contributed by atoms with Gasteiger partial charge in [-0.3, -0.25) is 0 Å². The monoisotopic (exact) mass is 377 g/mol. The number of fused-ring (bicyclic) bond motifs is 1. The SMILES string of the molecule is CS(=O)(=O)N1CC[C@]2(c3ccccc3)CN(C(=O)N3CCCC3)C[C@H]2C1. The summed E-state index contributed by atoms with van der Waals surface area (Å²) in [5, 5.41) is 0. The molecular formula is C19H27N3O3S. The van der Waals surface area contributed by atoms with Gasteiger partial charge in [0.15, 0.2) is 0 Å². The van der Waals surface area contributed by atoms with Crippen LogP contribution in [-0.4, -0.2) is 74.1 Å². The Labute approximate surface area is 155 Å². The van der Waals surface area contributed by atoms with Crippen molar-refractivity contribution in [2.75, 3.05) is 45.5 Å². The Balaban J connectivity index is 1.64. The second-order valence-electron chi connectivity index (χ2n) is 7.95. The van der Waals surface area contributed by atoms with Crippen molar-refractivity contribution < 1.29 is 13.2 Å². The molecule has 0 N–H and O–H groups in total. The van der Waals surface area contributed by atoms with Crippen LogP contribution in [0.15, 0.2) is 30.3 Å². The predicted molar refractivity (Wildman–Crippen MR) is 100 cm³/mol. The lowest BCUT2D eigenvalue weighted by molar-refractivity contribution is 0.169. The van der Waals surface area contributed by atoms with Gasteiger partial charge in [-0.15, -0.1) is 0 Å². The lowest BCUT2D eigenvalue weighted by Crippen LogP contribution is -2.51. The smallest absolute Gasteiger partial charge is 0.320 e. The van der Waals surface area contributed by atoms with Crippen LogP contribution in [0, 0.1) is 5.92 Å². The molecule has 0 spiro atoms. The summed E-state index contributed by atoms with van der Waals surface area (Å²) in [6, 6.07) is 10.5. The lowest BCUT2D eigenvalue weighted by atomic mass is 9.68. The minimum atomic E-state index is -3.21. The number of hydrogen-bond acceptors (Lipinski definition) is 3. The highest BCUT2D eigenvalue weighted by molar-refractivity contribution is 7.88. The predicted octanol–water partition coefficient (Wildman–Crippen LogP) is 1.74. The van der Waals surface area contributed by atoms with Crippen LogP contribution in [0.5, 0.6) is 0 Å². The molecule has 2 atom stereocenters. The van der Waals surface area contributed by atoms with Gasteiger partial charge in [-0.1, -0.05) is 30.3 Å². The number of urea groups is 1. The normalized spacial score (nSPS) is 29.8. The lowest BCUT2D eigenvalue weighted by Gasteiger charge is -2.42. The number of sulfonamides is 1. The average molecular weight is 378 g/mol. The number of rotatable bonds is 2. The Bertz CT molecular complexity index is 776. The Morgan fingerprint density at radius 2 is 1.73 bits per heavy atom. The summed E-state index contributed by atoms with van der Waals surface area (Å²) in [7, 11) is -3.21. The summed E-state index contributed by atoms with van der Waals surface area (Å²) >= 11 is 0. The number of benzene rings is 1. The fraction of sp³-hybridized carbons (Fsp3) is 0.632. The molecule has 3 aliphatic rings. The van der Waals surface area contributed by atoms with Gasteiger partial charge in [-0.05, 0) is 24.8 Å². The van der Waals surface area contributed by atoms with Crippen molar-refractivity contribution in [3.05, 3.63) is 35.9 Å². The maximum atomic E-state index is 13.0. The minimum Gasteiger partial charge on any atom is -0.325 e. The number of nitrogens with zero attached hydrogens (tertiary/aromatic N) is 3. The summed E-state index contributed by atoms with van der Waals surface area (Å²) in [6.45, 7) is 4.03. The van der Waals surface area contributed by atoms with Crippen molar-refractivity contribution in [2.24, 2.45) is 5.92 Å². The van der Waals surface area contributed by atoms with Crippen molar-refractivity contribution in [3.63, 3.8) is 0 Å². The van der Waals surface area contributed by atoms with E-state index in [2.05, 4.69) is 12.1 Å². The third-order valence-electron chi connectivity index (χ3n) is 6.39. The van der Waals surface area contributed by atoms with Crippen molar-refractivity contribution in [2.45, 2.75) is 24.7 Å². The summed E-state index contributed by atoms with van der Waals surface area (Å²) in [6.07, 6.45) is 4.20. The van der Waals surface area contributed by atoms with E-state index in [9.17, 15) is 13.2 Å². The van der Waals surface area contributed by atoms with E-state index < -0.39 is 10.0 Å². The van der Waals surface area contributed by atoms with Crippen molar-refractivity contribution >= 4 is 16.1 Å². The molecule has 7 heteroatoms. The molecule has 142 valence electrons. The molecule has 0 aromatic heterocycles. The van der Waals surface area contributed by atoms with Gasteiger partial charge < -0.3 is 9.80 Å². The number of amides is 2. The third-order valence-corrected chi connectivity index (χ3v) is 7.66. The minimum absolute atomic E-state index is 0.123. The zero-order valence-corrected chi connectivity index (χ0v) is 16.1. The molecule has 6 nitrogen and oxygen atoms in total. The van der Waals surface area contributed by atoms with E-state index in [4.69, 9.17) is 0 Å². The molecule has 0 saturated carbocycles. The molecule has 0 unspecified atom stereocenters. The fourth-order valence-corrected chi connectivity index (χ4v) is 5.82. The van der Waals surface area contributed by atoms with Crippen LogP contribution in [-0.2, 0) is 15.4 Å². The van der Waals surface area contributed by atoms with Gasteiger partial charge in [0.25, 0.3) is 0 Å². The van der Waals surface area contributed by atoms with Gasteiger partial charge in [-0.2, -0.15) is 0 Å². The number of likely N-dealkylation sites (tertiary alicyclic amines) is 2. The van der Waals surface area contributed by atoms with Crippen LogP contribution in [0.25, 0.3) is 0 Å². The Hall–Kier alpha value is -1.60. The number of carbonyl (C=O) groups is 1. The molecule has 0 bridgehead atoms. The number of hydrogen-bond donors (Lipinski definition) is 0. The van der Waals surface area contributed by atoms with E-state index >= 15 is 0 Å². The quantitative estimate of drug-likeness (QED) is 0.789. The first-order valence-electron chi connectivity index (χ1n) is 9.45. The van der Waals surface area contributed by atoms with Gasteiger partial charge in [0, 0.05) is 50.6 Å². The van der Waals surface area contributed by atoms with Crippen molar-refractivity contribution in [1.82, 2.24) is 14.1 Å². The van der Waals surface area contributed by atoms with Crippen LogP contribution in [0.4, 0.5) is 4.79 Å². The van der Waals surface area contributed by atoms with E-state index in [1.54, 1.807) is 4.31 Å². The second-order valence-corrected chi connectivity index (χ2v) is 9.93. The van der Waals surface area contributed by atoms with E-state index in [0.29, 0.717) is 26.2 Å². The Kier molecular flexibility index (Phi) is 4.47. The largest absolute Gasteiger partial charge is 0.325 e. The molecule has 1 aromatic rings. The maximum absolute atomic E-state index is 13.0. The first-order valence-corrected chi connectivity index (χ1v) is 11.3. The zero-order chi connectivity index (χ0) is 18.4. The van der Waals surface area contributed by atoms with Crippen LogP contribution in [0.1, 0.15) is 24.8 Å². The van der Waals surface area contributed by atoms with Crippen molar-refractivity contribution in [1.29, 1.82) is 0 Å². The molecule has 4 rings (SSSR count). The Morgan fingerprint density at radius 1 is 1.04 bits per heavy atom. The van der Waals surface area contributed by atoms with Crippen molar-refractivity contribution in [3.8, 4) is 0 Å². The standard InChI is InChI=1S/C19H27N3O3S/c1-26(24,25)22-12-9-19(16-7-3-2-4-8-16)15-21(13-17(19)14-22)18(23)20-10-5-6-11-20/h2-4,7-8,17H,5-6,9-15H2,1H3/t17-,19+/m0/s1. The first-order chi connectivity index (χ1) is 12.4. The topological polar surface area (TPSA) is 60.9 Å². The number of carbonyl (C=O) groups excluding carboxylic acids is 1. The van der Waals surface area contributed by atoms with Gasteiger partial charge >= 0.3 is 6.03 Å². The molecule has 26 heavy (non-hydrogen) atoms. The molecule has 2 amide bonds. The van der Waals surface area contributed by atoms with E-state index in [0.717, 1.165) is 32.4 Å². The summed E-state index contributed by atoms with van der Waals surface area (Å²) in [5.74, 6) is 0.139. The fourth-order valence-electron chi connectivity index (χ4n) is 4.95. The molecule has 3 fully saturated rings. The zero-order valence-electron chi connectivity index (χ0n) is 15.3. The third kappa shape index (κ3) is 3.01. The van der Waals surface area contributed by atoms with Crippen LogP contribution in [0.3, 0.4) is 0 Å². The highest BCUT2D eigenvalue weighted by Crippen LogP contribution is 2.46. The summed E-state index contributed by atoms with van der Waals surface area (Å²) in [4.78, 5) is 16.9. The highest BCUT2D eigenvalue weighted by Gasteiger charge is 2.53. The first kappa shape index (κ1) is 17.8. The van der Waals surface area contributed by atoms with E-state index in [1.165, 1.54) is 11.8 Å². The van der Waals surface area contributed by atoms with Gasteiger partial charge in [-0.25, -0.2) is 17.5 Å². The van der Waals surface area contributed by atoms with Crippen LogP contribution in [0.2, 0.25) is 0 Å². The van der Waals surface area contributed by atoms with E-state index in [1.807, 2.05) is 28.0 Å². The summed E-state index contributed by atoms with van der Waals surface area (Å²) in [5.41, 5.74) is 1.09. The second kappa shape index (κ2) is 6.53. The number of piperidine rings is 1. The molecule has 0 aliphatic carbocycles. The molecule has 1 aromatic carbocycles. The molecule has 3 saturated heterocycles. The van der Waals surface area contributed by atoms with Gasteiger partial charge in [0.1, 0.15) is 0 Å². The Morgan fingerprint density at radius 3 is 2.38 bits per heavy atom. The average Bonchev–Trinajstić information content (AvgIpc) is 3.29. The highest BCUT2D eigenvalue weighted by atomic mass is 32.2. The van der Waals surface area contributed by atoms with Gasteiger partial charge in [0.05, 0.1) is 6.26 Å². The van der Waals surface area contributed by atoms with E-state index in [-0.39, 0.29) is 17.4 Å².